The fourth-order valence-electron chi connectivity index (χ4n) is 2.25. The van der Waals surface area contributed by atoms with Gasteiger partial charge in [-0.3, -0.25) is 14.2 Å². The molecule has 0 aliphatic carbocycles. The zero-order valence-electron chi connectivity index (χ0n) is 15.7. The Morgan fingerprint density at radius 1 is 1.22 bits per heavy atom. The van der Waals surface area contributed by atoms with E-state index < -0.39 is 17.7 Å². The lowest BCUT2D eigenvalue weighted by atomic mass is 10.1. The Labute approximate surface area is 160 Å². The maximum Gasteiger partial charge on any atom is 0.527 e. The van der Waals surface area contributed by atoms with Gasteiger partial charge in [0, 0.05) is 19.2 Å². The number of carbonyl (C=O) groups excluding carboxylic acids is 1. The number of rotatable bonds is 13. The van der Waals surface area contributed by atoms with E-state index in [-0.39, 0.29) is 29.7 Å². The smallest absolute Gasteiger partial charge is 0.404 e. The van der Waals surface area contributed by atoms with Crippen molar-refractivity contribution in [3.05, 3.63) is 24.3 Å². The molecule has 0 radical (unpaired) electrons. The molecule has 0 heterocycles. The molecule has 1 aromatic carbocycles. The van der Waals surface area contributed by atoms with Gasteiger partial charge in [-0.1, -0.05) is 38.7 Å². The standard InChI is InChI=1S/C17H28NO7PS/c1-3-4-5-6-7-11-17(19)18-12-13-24-26(20,21)25-15-9-8-10-16(14-15)27(2,22)23/h8-10,14H,3-7,11-13H2,1-2H3,(H,18,19)(H,20,21). The maximum absolute atomic E-state index is 11.9. The first-order chi connectivity index (χ1) is 12.6. The highest BCUT2D eigenvalue weighted by molar-refractivity contribution is 7.90. The van der Waals surface area contributed by atoms with Crippen LogP contribution in [-0.4, -0.2) is 38.6 Å². The van der Waals surface area contributed by atoms with Crippen LogP contribution in [0.2, 0.25) is 0 Å². The molecule has 1 unspecified atom stereocenters. The van der Waals surface area contributed by atoms with Crippen LogP contribution in [0.5, 0.6) is 5.75 Å². The van der Waals surface area contributed by atoms with E-state index >= 15 is 0 Å². The van der Waals surface area contributed by atoms with E-state index in [9.17, 15) is 22.7 Å². The van der Waals surface area contributed by atoms with Gasteiger partial charge < -0.3 is 9.84 Å². The van der Waals surface area contributed by atoms with Gasteiger partial charge in [-0.25, -0.2) is 13.0 Å². The zero-order chi connectivity index (χ0) is 20.3. The average Bonchev–Trinajstić information content (AvgIpc) is 2.58. The summed E-state index contributed by atoms with van der Waals surface area (Å²) in [6.07, 6.45) is 6.66. The number of hydrogen-bond acceptors (Lipinski definition) is 6. The van der Waals surface area contributed by atoms with Gasteiger partial charge in [-0.15, -0.1) is 0 Å². The fraction of sp³-hybridized carbons (Fsp3) is 0.588. The zero-order valence-corrected chi connectivity index (χ0v) is 17.4. The number of sulfone groups is 1. The molecule has 27 heavy (non-hydrogen) atoms. The summed E-state index contributed by atoms with van der Waals surface area (Å²) >= 11 is 0. The Balaban J connectivity index is 2.34. The van der Waals surface area contributed by atoms with Crippen molar-refractivity contribution < 1.29 is 31.7 Å². The molecule has 2 N–H and O–H groups in total. The van der Waals surface area contributed by atoms with Crippen molar-refractivity contribution in [1.82, 2.24) is 5.32 Å². The molecule has 0 saturated heterocycles. The first-order valence-corrected chi connectivity index (χ1v) is 12.3. The number of phosphoric acid groups is 1. The van der Waals surface area contributed by atoms with Gasteiger partial charge in [0.25, 0.3) is 0 Å². The molecule has 1 atom stereocenters. The summed E-state index contributed by atoms with van der Waals surface area (Å²) in [6.45, 7) is 1.99. The molecule has 154 valence electrons. The molecular weight excluding hydrogens is 393 g/mol. The number of benzene rings is 1. The quantitative estimate of drug-likeness (QED) is 0.371. The van der Waals surface area contributed by atoms with Crippen LogP contribution in [-0.2, 0) is 23.7 Å². The minimum Gasteiger partial charge on any atom is -0.404 e. The Kier molecular flexibility index (Phi) is 10.0. The lowest BCUT2D eigenvalue weighted by Crippen LogP contribution is -2.26. The van der Waals surface area contributed by atoms with Crippen molar-refractivity contribution in [2.75, 3.05) is 19.4 Å². The lowest BCUT2D eigenvalue weighted by Gasteiger charge is -2.14. The second-order valence-electron chi connectivity index (χ2n) is 6.15. The lowest BCUT2D eigenvalue weighted by molar-refractivity contribution is -0.121. The molecule has 0 fully saturated rings. The Morgan fingerprint density at radius 2 is 1.93 bits per heavy atom. The summed E-state index contributed by atoms with van der Waals surface area (Å²) < 4.78 is 44.5. The second kappa shape index (κ2) is 11.4. The largest absolute Gasteiger partial charge is 0.527 e. The number of carbonyl (C=O) groups is 1. The van der Waals surface area contributed by atoms with Crippen LogP contribution in [0.4, 0.5) is 0 Å². The molecule has 0 aliphatic rings. The molecular formula is C17H28NO7PS. The molecule has 1 amide bonds. The van der Waals surface area contributed by atoms with Gasteiger partial charge in [0.1, 0.15) is 5.75 Å². The van der Waals surface area contributed by atoms with Crippen molar-refractivity contribution in [2.45, 2.75) is 50.3 Å². The molecule has 10 heteroatoms. The van der Waals surface area contributed by atoms with Gasteiger partial charge >= 0.3 is 7.82 Å². The predicted octanol–water partition coefficient (Wildman–Crippen LogP) is 3.06. The first kappa shape index (κ1) is 23.6. The molecule has 0 spiro atoms. The first-order valence-electron chi connectivity index (χ1n) is 8.88. The summed E-state index contributed by atoms with van der Waals surface area (Å²) in [7, 11) is -7.89. The third-order valence-electron chi connectivity index (χ3n) is 3.64. The Bertz CT molecular complexity index is 751. The number of amides is 1. The van der Waals surface area contributed by atoms with E-state index in [1.807, 2.05) is 0 Å². The van der Waals surface area contributed by atoms with Crippen molar-refractivity contribution in [2.24, 2.45) is 0 Å². The highest BCUT2D eigenvalue weighted by atomic mass is 32.2. The highest BCUT2D eigenvalue weighted by Crippen LogP contribution is 2.43. The molecule has 1 aromatic rings. The van der Waals surface area contributed by atoms with Crippen molar-refractivity contribution in [3.8, 4) is 5.75 Å². The monoisotopic (exact) mass is 421 g/mol. The number of hydrogen-bond donors (Lipinski definition) is 2. The van der Waals surface area contributed by atoms with Crippen LogP contribution in [0.1, 0.15) is 45.4 Å². The summed E-state index contributed by atoms with van der Waals surface area (Å²) in [5.41, 5.74) is 0. The molecule has 0 aliphatic heterocycles. The highest BCUT2D eigenvalue weighted by Gasteiger charge is 2.23. The van der Waals surface area contributed by atoms with Crippen molar-refractivity contribution >= 4 is 23.6 Å². The number of nitrogens with one attached hydrogen (secondary N) is 1. The predicted molar refractivity (Wildman–Crippen MR) is 102 cm³/mol. The summed E-state index contributed by atoms with van der Waals surface area (Å²) in [6, 6.07) is 5.23. The number of phosphoric ester groups is 1. The minimum atomic E-state index is -4.43. The normalized spacial score (nSPS) is 13.7. The van der Waals surface area contributed by atoms with Gasteiger partial charge in [0.15, 0.2) is 9.84 Å². The molecule has 0 aromatic heterocycles. The van der Waals surface area contributed by atoms with Gasteiger partial charge in [0.2, 0.25) is 5.91 Å². The van der Waals surface area contributed by atoms with E-state index in [4.69, 9.17) is 9.05 Å². The van der Waals surface area contributed by atoms with Crippen LogP contribution in [0.15, 0.2) is 29.2 Å². The summed E-state index contributed by atoms with van der Waals surface area (Å²) in [5, 5.41) is 2.61. The van der Waals surface area contributed by atoms with Gasteiger partial charge in [0.05, 0.1) is 11.5 Å². The minimum absolute atomic E-state index is 0.0359. The molecule has 8 nitrogen and oxygen atoms in total. The van der Waals surface area contributed by atoms with E-state index in [0.717, 1.165) is 44.4 Å². The number of unbranched alkanes of at least 4 members (excludes halogenated alkanes) is 4. The van der Waals surface area contributed by atoms with Crippen molar-refractivity contribution in [1.29, 1.82) is 0 Å². The molecule has 0 saturated carbocycles. The van der Waals surface area contributed by atoms with E-state index in [1.54, 1.807) is 0 Å². The van der Waals surface area contributed by atoms with E-state index in [1.165, 1.54) is 18.2 Å². The third-order valence-corrected chi connectivity index (χ3v) is 5.70. The summed E-state index contributed by atoms with van der Waals surface area (Å²) in [5.74, 6) is -0.232. The topological polar surface area (TPSA) is 119 Å². The van der Waals surface area contributed by atoms with Crippen LogP contribution < -0.4 is 9.84 Å². The molecule has 0 bridgehead atoms. The van der Waals surface area contributed by atoms with Crippen LogP contribution in [0, 0.1) is 0 Å². The summed E-state index contributed by atoms with van der Waals surface area (Å²) in [4.78, 5) is 21.3. The van der Waals surface area contributed by atoms with Crippen LogP contribution in [0.25, 0.3) is 0 Å². The van der Waals surface area contributed by atoms with Gasteiger partial charge in [-0.05, 0) is 24.6 Å². The third kappa shape index (κ3) is 10.5. The second-order valence-corrected chi connectivity index (χ2v) is 9.55. The average molecular weight is 421 g/mol. The Morgan fingerprint density at radius 3 is 2.59 bits per heavy atom. The Hall–Kier alpha value is -1.41. The van der Waals surface area contributed by atoms with E-state index in [0.29, 0.717) is 6.42 Å². The fourth-order valence-corrected chi connectivity index (χ4v) is 3.66. The van der Waals surface area contributed by atoms with Gasteiger partial charge in [-0.2, -0.15) is 0 Å². The maximum atomic E-state index is 11.9. The van der Waals surface area contributed by atoms with Crippen LogP contribution in [0.3, 0.4) is 0 Å². The molecule has 1 rings (SSSR count). The van der Waals surface area contributed by atoms with Crippen LogP contribution >= 0.6 is 7.82 Å². The van der Waals surface area contributed by atoms with Crippen molar-refractivity contribution in [3.63, 3.8) is 0 Å². The van der Waals surface area contributed by atoms with E-state index in [2.05, 4.69) is 12.2 Å². The SMILES string of the molecule is CCCCCCCC(=O)NCCOP(=O)(O)Oc1cccc(S(C)(=O)=O)c1.